The molecule has 140 valence electrons. The van der Waals surface area contributed by atoms with E-state index in [9.17, 15) is 14.3 Å². The van der Waals surface area contributed by atoms with Crippen LogP contribution in [-0.2, 0) is 4.74 Å². The maximum Gasteiger partial charge on any atom is 0.341 e. The van der Waals surface area contributed by atoms with E-state index < -0.39 is 5.97 Å². The molecule has 1 aliphatic heterocycles. The van der Waals surface area contributed by atoms with Crippen LogP contribution in [0, 0.1) is 5.82 Å². The Hall–Kier alpha value is -3.09. The minimum absolute atomic E-state index is 0.0888. The largest absolute Gasteiger partial charge is 0.508 e. The summed E-state index contributed by atoms with van der Waals surface area (Å²) in [5.41, 5.74) is 2.52. The molecule has 4 rings (SSSR count). The lowest BCUT2D eigenvalue weighted by Crippen LogP contribution is -2.22. The van der Waals surface area contributed by atoms with Gasteiger partial charge in [-0.05, 0) is 50.1 Å². The number of carbonyl (C=O) groups is 1. The second kappa shape index (κ2) is 6.90. The molecule has 7 heteroatoms. The van der Waals surface area contributed by atoms with Crippen molar-refractivity contribution in [3.8, 4) is 5.75 Å². The molecule has 0 amide bonds. The first-order valence-corrected chi connectivity index (χ1v) is 8.98. The molecule has 6 nitrogen and oxygen atoms in total. The third-order valence-electron chi connectivity index (χ3n) is 4.93. The molecule has 27 heavy (non-hydrogen) atoms. The standard InChI is InChI=1S/C20H20FN3O3/c1-2-27-20(26)16-12-22-24-9-7-14(11-18(16)24)23-8-3-4-17(23)15-10-13(21)5-6-19(15)25/h5-7,9-12,17,25H,2-4,8H2,1H3. The van der Waals surface area contributed by atoms with Gasteiger partial charge in [0.15, 0.2) is 0 Å². The number of pyridine rings is 1. The highest BCUT2D eigenvalue weighted by Crippen LogP contribution is 2.40. The molecule has 1 unspecified atom stereocenters. The lowest BCUT2D eigenvalue weighted by atomic mass is 10.0. The first-order valence-electron chi connectivity index (χ1n) is 8.98. The van der Waals surface area contributed by atoms with Crippen LogP contribution in [0.4, 0.5) is 10.1 Å². The van der Waals surface area contributed by atoms with Crippen LogP contribution < -0.4 is 4.90 Å². The molecule has 3 aromatic rings. The molecule has 0 spiro atoms. The monoisotopic (exact) mass is 369 g/mol. The van der Waals surface area contributed by atoms with Crippen LogP contribution in [0.3, 0.4) is 0 Å². The number of hydrogen-bond donors (Lipinski definition) is 1. The van der Waals surface area contributed by atoms with E-state index in [2.05, 4.69) is 10.00 Å². The highest BCUT2D eigenvalue weighted by molar-refractivity contribution is 5.97. The molecule has 0 aliphatic carbocycles. The van der Waals surface area contributed by atoms with E-state index in [0.717, 1.165) is 25.1 Å². The minimum atomic E-state index is -0.412. The summed E-state index contributed by atoms with van der Waals surface area (Å²) in [6.07, 6.45) is 5.02. The first-order chi connectivity index (χ1) is 13.1. The van der Waals surface area contributed by atoms with Crippen LogP contribution in [0.2, 0.25) is 0 Å². The molecule has 1 N–H and O–H groups in total. The summed E-state index contributed by atoms with van der Waals surface area (Å²) in [6, 6.07) is 7.69. The zero-order valence-electron chi connectivity index (χ0n) is 14.9. The van der Waals surface area contributed by atoms with E-state index in [1.54, 1.807) is 17.6 Å². The van der Waals surface area contributed by atoms with E-state index in [0.29, 0.717) is 23.3 Å². The number of ether oxygens (including phenoxy) is 1. The highest BCUT2D eigenvalue weighted by atomic mass is 19.1. The summed E-state index contributed by atoms with van der Waals surface area (Å²) in [5, 5.41) is 14.4. The quantitative estimate of drug-likeness (QED) is 0.711. The van der Waals surface area contributed by atoms with Crippen molar-refractivity contribution < 1.29 is 19.0 Å². The van der Waals surface area contributed by atoms with Gasteiger partial charge in [-0.25, -0.2) is 13.7 Å². The number of esters is 1. The molecule has 1 aliphatic rings. The fraction of sp³-hybridized carbons (Fsp3) is 0.300. The van der Waals surface area contributed by atoms with Crippen molar-refractivity contribution in [2.75, 3.05) is 18.1 Å². The second-order valence-corrected chi connectivity index (χ2v) is 6.55. The van der Waals surface area contributed by atoms with E-state index >= 15 is 0 Å². The van der Waals surface area contributed by atoms with Crippen molar-refractivity contribution >= 4 is 17.2 Å². The number of rotatable bonds is 4. The van der Waals surface area contributed by atoms with Gasteiger partial charge >= 0.3 is 5.97 Å². The summed E-state index contributed by atoms with van der Waals surface area (Å²) >= 11 is 0. The molecule has 0 radical (unpaired) electrons. The first kappa shape index (κ1) is 17.3. The number of fused-ring (bicyclic) bond motifs is 1. The summed E-state index contributed by atoms with van der Waals surface area (Å²) in [6.45, 7) is 2.83. The Labute approximate surface area is 155 Å². The molecule has 1 atom stereocenters. The summed E-state index contributed by atoms with van der Waals surface area (Å²) in [4.78, 5) is 14.3. The van der Waals surface area contributed by atoms with Crippen molar-refractivity contribution in [1.29, 1.82) is 0 Å². The molecule has 0 bridgehead atoms. The van der Waals surface area contributed by atoms with Gasteiger partial charge in [0.1, 0.15) is 17.1 Å². The van der Waals surface area contributed by atoms with Gasteiger partial charge in [0.25, 0.3) is 0 Å². The van der Waals surface area contributed by atoms with Crippen LogP contribution in [0.1, 0.15) is 41.7 Å². The SMILES string of the molecule is CCOC(=O)c1cnn2ccc(N3CCCC3c3cc(F)ccc3O)cc12. The Morgan fingerprint density at radius 2 is 2.22 bits per heavy atom. The maximum absolute atomic E-state index is 13.7. The highest BCUT2D eigenvalue weighted by Gasteiger charge is 2.29. The number of aromatic hydroxyl groups is 1. The Morgan fingerprint density at radius 1 is 1.37 bits per heavy atom. The molecule has 1 aromatic carbocycles. The summed E-state index contributed by atoms with van der Waals surface area (Å²) < 4.78 is 20.4. The fourth-order valence-electron chi connectivity index (χ4n) is 3.71. The lowest BCUT2D eigenvalue weighted by Gasteiger charge is -2.28. The number of halogens is 1. The van der Waals surface area contributed by atoms with Crippen LogP contribution in [-0.4, -0.2) is 33.8 Å². The lowest BCUT2D eigenvalue weighted by molar-refractivity contribution is 0.0528. The molecule has 1 fully saturated rings. The molecular formula is C20H20FN3O3. The van der Waals surface area contributed by atoms with Gasteiger partial charge in [0.2, 0.25) is 0 Å². The third kappa shape index (κ3) is 3.09. The van der Waals surface area contributed by atoms with Crippen molar-refractivity contribution in [3.05, 3.63) is 59.7 Å². The number of nitrogens with zero attached hydrogens (tertiary/aromatic N) is 3. The van der Waals surface area contributed by atoms with Gasteiger partial charge in [0.05, 0.1) is 24.4 Å². The van der Waals surface area contributed by atoms with E-state index in [4.69, 9.17) is 4.74 Å². The number of carbonyl (C=O) groups excluding carboxylic acids is 1. The average Bonchev–Trinajstić information content (AvgIpc) is 3.30. The predicted octanol–water partition coefficient (Wildman–Crippen LogP) is 3.70. The molecule has 2 aromatic heterocycles. The predicted molar refractivity (Wildman–Crippen MR) is 98.5 cm³/mol. The van der Waals surface area contributed by atoms with Crippen LogP contribution >= 0.6 is 0 Å². The Balaban J connectivity index is 1.73. The third-order valence-corrected chi connectivity index (χ3v) is 4.93. The Morgan fingerprint density at radius 3 is 3.04 bits per heavy atom. The Bertz CT molecular complexity index is 1000. The van der Waals surface area contributed by atoms with Crippen molar-refractivity contribution in [3.63, 3.8) is 0 Å². The minimum Gasteiger partial charge on any atom is -0.508 e. The maximum atomic E-state index is 13.7. The van der Waals surface area contributed by atoms with Gasteiger partial charge in [0, 0.05) is 24.0 Å². The number of aromatic nitrogens is 2. The zero-order chi connectivity index (χ0) is 19.0. The number of hydrogen-bond acceptors (Lipinski definition) is 5. The van der Waals surface area contributed by atoms with Gasteiger partial charge in [-0.1, -0.05) is 0 Å². The van der Waals surface area contributed by atoms with Gasteiger partial charge in [-0.15, -0.1) is 0 Å². The van der Waals surface area contributed by atoms with E-state index in [-0.39, 0.29) is 17.6 Å². The van der Waals surface area contributed by atoms with Crippen LogP contribution in [0.25, 0.3) is 5.52 Å². The summed E-state index contributed by atoms with van der Waals surface area (Å²) in [7, 11) is 0. The number of anilines is 1. The van der Waals surface area contributed by atoms with Crippen LogP contribution in [0.5, 0.6) is 5.75 Å². The number of benzene rings is 1. The topological polar surface area (TPSA) is 67.1 Å². The van der Waals surface area contributed by atoms with Gasteiger partial charge in [-0.3, -0.25) is 0 Å². The summed E-state index contributed by atoms with van der Waals surface area (Å²) in [5.74, 6) is -0.693. The molecule has 0 saturated carbocycles. The van der Waals surface area contributed by atoms with Crippen LogP contribution in [0.15, 0.2) is 42.7 Å². The fourth-order valence-corrected chi connectivity index (χ4v) is 3.71. The van der Waals surface area contributed by atoms with E-state index in [1.165, 1.54) is 24.4 Å². The second-order valence-electron chi connectivity index (χ2n) is 6.55. The average molecular weight is 369 g/mol. The van der Waals surface area contributed by atoms with Crippen molar-refractivity contribution in [2.45, 2.75) is 25.8 Å². The normalized spacial score (nSPS) is 16.8. The molecule has 1 saturated heterocycles. The van der Waals surface area contributed by atoms with Crippen molar-refractivity contribution in [2.24, 2.45) is 0 Å². The smallest absolute Gasteiger partial charge is 0.341 e. The van der Waals surface area contributed by atoms with Gasteiger partial charge in [-0.2, -0.15) is 5.10 Å². The number of phenols is 1. The molecule has 3 heterocycles. The Kier molecular flexibility index (Phi) is 4.43. The molecular weight excluding hydrogens is 349 g/mol. The number of phenolic OH excluding ortho intramolecular Hbond substituents is 1. The van der Waals surface area contributed by atoms with Crippen molar-refractivity contribution in [1.82, 2.24) is 9.61 Å². The van der Waals surface area contributed by atoms with E-state index in [1.807, 2.05) is 12.1 Å². The van der Waals surface area contributed by atoms with Gasteiger partial charge < -0.3 is 14.7 Å². The zero-order valence-corrected chi connectivity index (χ0v) is 14.9.